The highest BCUT2D eigenvalue weighted by atomic mass is 32.2. The lowest BCUT2D eigenvalue weighted by Gasteiger charge is -2.34. The van der Waals surface area contributed by atoms with Crippen molar-refractivity contribution in [3.63, 3.8) is 0 Å². The van der Waals surface area contributed by atoms with E-state index in [1.165, 1.54) is 17.0 Å². The zero-order chi connectivity index (χ0) is 33.1. The molecule has 46 heavy (non-hydrogen) atoms. The normalized spacial score (nSPS) is 12.5. The molecule has 0 aliphatic carbocycles. The van der Waals surface area contributed by atoms with Crippen LogP contribution >= 0.6 is 0 Å². The lowest BCUT2D eigenvalue weighted by Crippen LogP contribution is -2.54. The number of hydrogen-bond donors (Lipinski definition) is 1. The summed E-state index contributed by atoms with van der Waals surface area (Å²) in [5, 5.41) is 3.06. The summed E-state index contributed by atoms with van der Waals surface area (Å²) in [6.45, 7) is 7.72. The van der Waals surface area contributed by atoms with Crippen molar-refractivity contribution in [2.24, 2.45) is 0 Å². The molecular weight excluding hydrogens is 598 g/mol. The average Bonchev–Trinajstić information content (AvgIpc) is 3.06. The highest BCUT2D eigenvalue weighted by molar-refractivity contribution is 7.92. The van der Waals surface area contributed by atoms with Crippen LogP contribution in [-0.2, 0) is 32.6 Å². The summed E-state index contributed by atoms with van der Waals surface area (Å²) >= 11 is 0. The van der Waals surface area contributed by atoms with Gasteiger partial charge in [0.2, 0.25) is 11.8 Å². The Morgan fingerprint density at radius 2 is 1.39 bits per heavy atom. The van der Waals surface area contributed by atoms with Gasteiger partial charge in [0.15, 0.2) is 0 Å². The van der Waals surface area contributed by atoms with Gasteiger partial charge in [-0.1, -0.05) is 85.3 Å². The molecule has 0 spiro atoms. The van der Waals surface area contributed by atoms with Crippen LogP contribution in [0.2, 0.25) is 0 Å². The van der Waals surface area contributed by atoms with E-state index in [-0.39, 0.29) is 29.8 Å². The van der Waals surface area contributed by atoms with Crippen molar-refractivity contribution in [1.29, 1.82) is 0 Å². The topological polar surface area (TPSA) is 96.0 Å². The summed E-state index contributed by atoms with van der Waals surface area (Å²) in [6.07, 6.45) is 0.982. The largest absolute Gasteiger partial charge is 0.494 e. The standard InChI is InChI=1S/C37H43N3O5S/c1-5-29(4)38-37(42)35(25-30-13-9-7-10-14-30)39(26-31-15-11-8-12-16-31)36(41)27-40(32-19-17-28(3)18-20-32)46(43,44)34-23-21-33(22-24-34)45-6-2/h7-24,29,35H,5-6,25-27H2,1-4H3,(H,38,42)/t29-,35-/m0/s1. The van der Waals surface area contributed by atoms with E-state index < -0.39 is 28.5 Å². The molecule has 0 heterocycles. The molecule has 8 nitrogen and oxygen atoms in total. The highest BCUT2D eigenvalue weighted by Crippen LogP contribution is 2.27. The number of aryl methyl sites for hydroxylation is 1. The van der Waals surface area contributed by atoms with Crippen LogP contribution in [-0.4, -0.2) is 50.4 Å². The number of anilines is 1. The third-order valence-electron chi connectivity index (χ3n) is 7.79. The lowest BCUT2D eigenvalue weighted by molar-refractivity contribution is -0.140. The molecule has 4 aromatic rings. The van der Waals surface area contributed by atoms with Crippen molar-refractivity contribution >= 4 is 27.5 Å². The van der Waals surface area contributed by atoms with Gasteiger partial charge >= 0.3 is 0 Å². The van der Waals surface area contributed by atoms with Crippen LogP contribution in [0.4, 0.5) is 5.69 Å². The molecule has 0 radical (unpaired) electrons. The molecule has 2 amide bonds. The third kappa shape index (κ3) is 8.97. The van der Waals surface area contributed by atoms with Crippen LogP contribution in [0.1, 0.15) is 43.9 Å². The predicted octanol–water partition coefficient (Wildman–Crippen LogP) is 6.14. The van der Waals surface area contributed by atoms with E-state index in [0.717, 1.165) is 27.4 Å². The van der Waals surface area contributed by atoms with Gasteiger partial charge in [-0.05, 0) is 74.7 Å². The minimum atomic E-state index is -4.20. The van der Waals surface area contributed by atoms with Gasteiger partial charge < -0.3 is 15.0 Å². The SMILES string of the molecule is CCOc1ccc(S(=O)(=O)N(CC(=O)N(Cc2ccccc2)[C@@H](Cc2ccccc2)C(=O)N[C@@H](C)CC)c2ccc(C)cc2)cc1. The maximum absolute atomic E-state index is 14.5. The Hall–Kier alpha value is -4.63. The number of rotatable bonds is 15. The Morgan fingerprint density at radius 1 is 0.804 bits per heavy atom. The smallest absolute Gasteiger partial charge is 0.264 e. The van der Waals surface area contributed by atoms with Gasteiger partial charge in [0.1, 0.15) is 18.3 Å². The van der Waals surface area contributed by atoms with Crippen LogP contribution in [0.5, 0.6) is 5.75 Å². The molecule has 0 aromatic heterocycles. The summed E-state index contributed by atoms with van der Waals surface area (Å²) in [4.78, 5) is 30.0. The number of carbonyl (C=O) groups excluding carboxylic acids is 2. The van der Waals surface area contributed by atoms with Gasteiger partial charge in [-0.15, -0.1) is 0 Å². The van der Waals surface area contributed by atoms with Crippen molar-refractivity contribution in [2.45, 2.75) is 64.1 Å². The molecule has 1 N–H and O–H groups in total. The van der Waals surface area contributed by atoms with E-state index >= 15 is 0 Å². The van der Waals surface area contributed by atoms with Gasteiger partial charge in [-0.2, -0.15) is 0 Å². The van der Waals surface area contributed by atoms with Crippen LogP contribution in [0.15, 0.2) is 114 Å². The summed E-state index contributed by atoms with van der Waals surface area (Å²) in [5.74, 6) is -0.248. The fraction of sp³-hybridized carbons (Fsp3) is 0.297. The monoisotopic (exact) mass is 641 g/mol. The van der Waals surface area contributed by atoms with Crippen LogP contribution in [0.25, 0.3) is 0 Å². The number of benzene rings is 4. The van der Waals surface area contributed by atoms with Crippen molar-refractivity contribution < 1.29 is 22.7 Å². The maximum atomic E-state index is 14.5. The number of hydrogen-bond acceptors (Lipinski definition) is 5. The summed E-state index contributed by atoms with van der Waals surface area (Å²) in [7, 11) is -4.20. The summed E-state index contributed by atoms with van der Waals surface area (Å²) in [5.41, 5.74) is 3.00. The number of ether oxygens (including phenoxy) is 1. The van der Waals surface area contributed by atoms with Gasteiger partial charge in [-0.3, -0.25) is 13.9 Å². The second-order valence-electron chi connectivity index (χ2n) is 11.3. The summed E-state index contributed by atoms with van der Waals surface area (Å²) < 4.78 is 35.1. The Labute approximate surface area is 273 Å². The van der Waals surface area contributed by atoms with Crippen molar-refractivity contribution in [1.82, 2.24) is 10.2 Å². The fourth-order valence-corrected chi connectivity index (χ4v) is 6.43. The third-order valence-corrected chi connectivity index (χ3v) is 9.58. The first-order valence-electron chi connectivity index (χ1n) is 15.6. The van der Waals surface area contributed by atoms with Gasteiger partial charge in [0.05, 0.1) is 17.2 Å². The number of nitrogens with one attached hydrogen (secondary N) is 1. The zero-order valence-electron chi connectivity index (χ0n) is 26.9. The maximum Gasteiger partial charge on any atom is 0.264 e. The van der Waals surface area contributed by atoms with E-state index in [9.17, 15) is 18.0 Å². The summed E-state index contributed by atoms with van der Waals surface area (Å²) in [6, 6.07) is 31.1. The Morgan fingerprint density at radius 3 is 1.96 bits per heavy atom. The fourth-order valence-electron chi connectivity index (χ4n) is 5.02. The Bertz CT molecular complexity index is 1660. The van der Waals surface area contributed by atoms with Crippen molar-refractivity contribution in [3.8, 4) is 5.75 Å². The van der Waals surface area contributed by atoms with Crippen molar-refractivity contribution in [3.05, 3.63) is 126 Å². The molecule has 2 atom stereocenters. The van der Waals surface area contributed by atoms with E-state index in [0.29, 0.717) is 18.0 Å². The van der Waals surface area contributed by atoms with Crippen LogP contribution in [0.3, 0.4) is 0 Å². The molecule has 0 unspecified atom stereocenters. The van der Waals surface area contributed by atoms with E-state index in [4.69, 9.17) is 4.74 Å². The van der Waals surface area contributed by atoms with Crippen molar-refractivity contribution in [2.75, 3.05) is 17.5 Å². The molecule has 4 aromatic carbocycles. The number of nitrogens with zero attached hydrogens (tertiary/aromatic N) is 2. The minimum absolute atomic E-state index is 0.0225. The quantitative estimate of drug-likeness (QED) is 0.168. The van der Waals surface area contributed by atoms with Gasteiger partial charge in [-0.25, -0.2) is 8.42 Å². The molecule has 0 aliphatic heterocycles. The molecule has 9 heteroatoms. The number of carbonyl (C=O) groups is 2. The zero-order valence-corrected chi connectivity index (χ0v) is 27.7. The average molecular weight is 642 g/mol. The lowest BCUT2D eigenvalue weighted by atomic mass is 10.0. The van der Waals surface area contributed by atoms with Crippen LogP contribution in [0, 0.1) is 6.92 Å². The highest BCUT2D eigenvalue weighted by Gasteiger charge is 2.35. The first kappa shape index (κ1) is 34.2. The molecule has 0 aliphatic rings. The number of amides is 2. The number of sulfonamides is 1. The molecule has 0 saturated heterocycles. The Kier molecular flexibility index (Phi) is 12.0. The van der Waals surface area contributed by atoms with E-state index in [1.807, 2.05) is 88.4 Å². The molecule has 0 bridgehead atoms. The first-order chi connectivity index (χ1) is 22.1. The van der Waals surface area contributed by atoms with E-state index in [1.54, 1.807) is 36.4 Å². The predicted molar refractivity (Wildman–Crippen MR) is 182 cm³/mol. The first-order valence-corrected chi connectivity index (χ1v) is 17.1. The molecular formula is C37H43N3O5S. The van der Waals surface area contributed by atoms with Crippen LogP contribution < -0.4 is 14.4 Å². The Balaban J connectivity index is 1.78. The van der Waals surface area contributed by atoms with E-state index in [2.05, 4.69) is 5.32 Å². The van der Waals surface area contributed by atoms with Gasteiger partial charge in [0, 0.05) is 19.0 Å². The molecule has 4 rings (SSSR count). The second kappa shape index (κ2) is 16.1. The second-order valence-corrected chi connectivity index (χ2v) is 13.1. The molecule has 0 fully saturated rings. The minimum Gasteiger partial charge on any atom is -0.494 e. The van der Waals surface area contributed by atoms with Gasteiger partial charge in [0.25, 0.3) is 10.0 Å². The molecule has 242 valence electrons. The molecule has 0 saturated carbocycles.